The number of amides is 1. The fraction of sp³-hybridized carbons (Fsp3) is 0.192. The highest BCUT2D eigenvalue weighted by Gasteiger charge is 2.46. The molecule has 0 aliphatic carbocycles. The van der Waals surface area contributed by atoms with Crippen LogP contribution >= 0.6 is 0 Å². The Hall–Kier alpha value is -4.73. The molecule has 0 saturated heterocycles. The molecule has 0 bridgehead atoms. The van der Waals surface area contributed by atoms with E-state index in [1.54, 1.807) is 55.5 Å². The van der Waals surface area contributed by atoms with Crippen molar-refractivity contribution in [2.45, 2.75) is 13.0 Å². The molecule has 36 heavy (non-hydrogen) atoms. The van der Waals surface area contributed by atoms with E-state index in [9.17, 15) is 14.7 Å². The number of benzene rings is 2. The number of rotatable bonds is 7. The zero-order chi connectivity index (χ0) is 25.6. The number of nitrogens with zero attached hydrogens (tertiary/aromatic N) is 2. The van der Waals surface area contributed by atoms with Gasteiger partial charge in [-0.1, -0.05) is 23.4 Å². The van der Waals surface area contributed by atoms with E-state index in [-0.39, 0.29) is 17.2 Å². The van der Waals surface area contributed by atoms with E-state index in [0.29, 0.717) is 39.5 Å². The third-order valence-electron chi connectivity index (χ3n) is 5.99. The summed E-state index contributed by atoms with van der Waals surface area (Å²) in [6, 6.07) is 12.2. The number of aryl methyl sites for hydroxylation is 1. The molecule has 0 fully saturated rings. The van der Waals surface area contributed by atoms with Crippen molar-refractivity contribution in [1.29, 1.82) is 0 Å². The maximum atomic E-state index is 13.8. The molecule has 4 aromatic rings. The Morgan fingerprint density at radius 1 is 1.00 bits per heavy atom. The summed E-state index contributed by atoms with van der Waals surface area (Å²) < 4.78 is 27.1. The van der Waals surface area contributed by atoms with E-state index in [0.717, 1.165) is 0 Å². The van der Waals surface area contributed by atoms with Gasteiger partial charge in [0.1, 0.15) is 5.76 Å². The molecule has 1 aliphatic rings. The summed E-state index contributed by atoms with van der Waals surface area (Å²) in [5, 5.41) is 15.5. The summed E-state index contributed by atoms with van der Waals surface area (Å²) >= 11 is 0. The summed E-state index contributed by atoms with van der Waals surface area (Å²) in [6.45, 7) is 1.67. The molecule has 3 heterocycles. The first kappa shape index (κ1) is 23.0. The summed E-state index contributed by atoms with van der Waals surface area (Å²) in [6.07, 6.45) is 0. The molecular weight excluding hydrogens is 468 g/mol. The van der Waals surface area contributed by atoms with Gasteiger partial charge < -0.3 is 28.3 Å². The summed E-state index contributed by atoms with van der Waals surface area (Å²) in [7, 11) is 4.46. The smallest absolute Gasteiger partial charge is 0.295 e. The lowest BCUT2D eigenvalue weighted by molar-refractivity contribution is -0.117. The number of aliphatic hydroxyl groups is 1. The Kier molecular flexibility index (Phi) is 5.63. The zero-order valence-electron chi connectivity index (χ0n) is 19.9. The Labute approximate surface area is 205 Å². The number of anilines is 1. The molecular formula is C26H22N2O8. The standard InChI is InChI=1S/C26H22N2O8/c1-13-10-20(27-36-13)28-22(14-8-9-16(32-2)18(11-14)34-4)21(24(30)26(28)31)23(29)19-12-15-6-5-7-17(33-3)25(15)35-19/h5-12,22,30H,1-4H3. The maximum absolute atomic E-state index is 13.8. The van der Waals surface area contributed by atoms with Crippen LogP contribution in [0.2, 0.25) is 0 Å². The fourth-order valence-electron chi connectivity index (χ4n) is 4.32. The highest BCUT2D eigenvalue weighted by molar-refractivity contribution is 6.20. The van der Waals surface area contributed by atoms with E-state index in [2.05, 4.69) is 5.16 Å². The number of ether oxygens (including phenoxy) is 3. The minimum absolute atomic E-state index is 0.0625. The van der Waals surface area contributed by atoms with Gasteiger partial charge in [0.05, 0.1) is 32.9 Å². The first-order valence-corrected chi connectivity index (χ1v) is 10.9. The van der Waals surface area contributed by atoms with Crippen LogP contribution in [0, 0.1) is 6.92 Å². The Balaban J connectivity index is 1.68. The van der Waals surface area contributed by atoms with Gasteiger partial charge in [0, 0.05) is 11.5 Å². The van der Waals surface area contributed by atoms with Crippen molar-refractivity contribution in [1.82, 2.24) is 5.16 Å². The number of carbonyl (C=O) groups is 2. The number of Topliss-reactive ketones (excluding diaryl/α,β-unsaturated/α-hetero) is 1. The third kappa shape index (κ3) is 3.54. The molecule has 1 N–H and O–H groups in total. The van der Waals surface area contributed by atoms with Gasteiger partial charge in [0.15, 0.2) is 40.2 Å². The van der Waals surface area contributed by atoms with Crippen molar-refractivity contribution in [3.63, 3.8) is 0 Å². The van der Waals surface area contributed by atoms with Crippen molar-refractivity contribution in [2.75, 3.05) is 26.2 Å². The second-order valence-electron chi connectivity index (χ2n) is 8.07. The van der Waals surface area contributed by atoms with Crippen LogP contribution < -0.4 is 19.1 Å². The van der Waals surface area contributed by atoms with Crippen LogP contribution in [0.25, 0.3) is 11.0 Å². The quantitative estimate of drug-likeness (QED) is 0.372. The lowest BCUT2D eigenvalue weighted by Gasteiger charge is -2.24. The number of hydrogen-bond donors (Lipinski definition) is 1. The molecule has 0 spiro atoms. The van der Waals surface area contributed by atoms with E-state index in [1.807, 2.05) is 0 Å². The van der Waals surface area contributed by atoms with Crippen molar-refractivity contribution in [3.05, 3.63) is 76.9 Å². The number of para-hydroxylation sites is 1. The van der Waals surface area contributed by atoms with Crippen LogP contribution in [0.1, 0.15) is 27.9 Å². The lowest BCUT2D eigenvalue weighted by atomic mass is 9.94. The van der Waals surface area contributed by atoms with Crippen molar-refractivity contribution >= 4 is 28.5 Å². The predicted molar refractivity (Wildman–Crippen MR) is 128 cm³/mol. The van der Waals surface area contributed by atoms with E-state index >= 15 is 0 Å². The molecule has 1 unspecified atom stereocenters. The summed E-state index contributed by atoms with van der Waals surface area (Å²) in [4.78, 5) is 28.3. The largest absolute Gasteiger partial charge is 0.503 e. The number of furan rings is 1. The van der Waals surface area contributed by atoms with Gasteiger partial charge in [0.25, 0.3) is 5.91 Å². The Morgan fingerprint density at radius 2 is 1.75 bits per heavy atom. The molecule has 10 heteroatoms. The molecule has 0 saturated carbocycles. The highest BCUT2D eigenvalue weighted by atomic mass is 16.5. The number of fused-ring (bicyclic) bond motifs is 1. The van der Waals surface area contributed by atoms with Gasteiger partial charge >= 0.3 is 0 Å². The first-order chi connectivity index (χ1) is 17.4. The van der Waals surface area contributed by atoms with Crippen LogP contribution in [0.5, 0.6) is 17.2 Å². The molecule has 1 atom stereocenters. The average molecular weight is 490 g/mol. The molecule has 1 amide bonds. The van der Waals surface area contributed by atoms with E-state index in [1.165, 1.54) is 26.2 Å². The minimum atomic E-state index is -1.05. The number of carbonyl (C=O) groups excluding carboxylic acids is 2. The van der Waals surface area contributed by atoms with Gasteiger partial charge in [-0.2, -0.15) is 0 Å². The van der Waals surface area contributed by atoms with Gasteiger partial charge in [-0.05, 0) is 36.8 Å². The van der Waals surface area contributed by atoms with Crippen LogP contribution in [0.15, 0.2) is 68.8 Å². The average Bonchev–Trinajstić information content (AvgIpc) is 3.59. The molecule has 2 aromatic carbocycles. The molecule has 5 rings (SSSR count). The number of methoxy groups -OCH3 is 3. The van der Waals surface area contributed by atoms with E-state index in [4.69, 9.17) is 23.2 Å². The zero-order valence-corrected chi connectivity index (χ0v) is 19.9. The van der Waals surface area contributed by atoms with Crippen molar-refractivity contribution in [3.8, 4) is 17.2 Å². The Morgan fingerprint density at radius 3 is 2.42 bits per heavy atom. The number of aliphatic hydroxyl groups excluding tert-OH is 1. The minimum Gasteiger partial charge on any atom is -0.503 e. The summed E-state index contributed by atoms with van der Waals surface area (Å²) in [5.41, 5.74) is 0.674. The van der Waals surface area contributed by atoms with Gasteiger partial charge in [-0.25, -0.2) is 0 Å². The van der Waals surface area contributed by atoms with Crippen LogP contribution in [0.4, 0.5) is 5.82 Å². The molecule has 1 aliphatic heterocycles. The van der Waals surface area contributed by atoms with Gasteiger partial charge in [-0.3, -0.25) is 14.5 Å². The molecule has 10 nitrogen and oxygen atoms in total. The van der Waals surface area contributed by atoms with Crippen LogP contribution in [-0.4, -0.2) is 43.3 Å². The highest BCUT2D eigenvalue weighted by Crippen LogP contribution is 2.44. The molecule has 2 aromatic heterocycles. The predicted octanol–water partition coefficient (Wildman–Crippen LogP) is 4.54. The normalized spacial score (nSPS) is 15.6. The Bertz CT molecular complexity index is 1530. The third-order valence-corrected chi connectivity index (χ3v) is 5.99. The second-order valence-corrected chi connectivity index (χ2v) is 8.07. The van der Waals surface area contributed by atoms with Gasteiger partial charge in [0.2, 0.25) is 5.78 Å². The number of aromatic nitrogens is 1. The summed E-state index contributed by atoms with van der Waals surface area (Å²) in [5.74, 6) is -0.374. The van der Waals surface area contributed by atoms with Crippen LogP contribution in [-0.2, 0) is 4.79 Å². The maximum Gasteiger partial charge on any atom is 0.295 e. The SMILES string of the molecule is COc1ccc(C2C(C(=O)c3cc4cccc(OC)c4o3)=C(O)C(=O)N2c2cc(C)on2)cc1OC. The lowest BCUT2D eigenvalue weighted by Crippen LogP contribution is -2.31. The van der Waals surface area contributed by atoms with Crippen molar-refractivity contribution < 1.29 is 37.8 Å². The molecule has 0 radical (unpaired) electrons. The number of hydrogen-bond acceptors (Lipinski definition) is 9. The van der Waals surface area contributed by atoms with Crippen molar-refractivity contribution in [2.24, 2.45) is 0 Å². The monoisotopic (exact) mass is 490 g/mol. The van der Waals surface area contributed by atoms with Crippen LogP contribution in [0.3, 0.4) is 0 Å². The topological polar surface area (TPSA) is 124 Å². The second kappa shape index (κ2) is 8.81. The fourth-order valence-corrected chi connectivity index (χ4v) is 4.32. The van der Waals surface area contributed by atoms with E-state index < -0.39 is 23.5 Å². The first-order valence-electron chi connectivity index (χ1n) is 10.9. The van der Waals surface area contributed by atoms with Gasteiger partial charge in [-0.15, -0.1) is 0 Å². The molecule has 184 valence electrons. The number of ketones is 1.